The van der Waals surface area contributed by atoms with Crippen LogP contribution in [0.3, 0.4) is 0 Å². The van der Waals surface area contributed by atoms with Gasteiger partial charge >= 0.3 is 0 Å². The quantitative estimate of drug-likeness (QED) is 0.496. The van der Waals surface area contributed by atoms with Gasteiger partial charge in [0.05, 0.1) is 0 Å². The minimum Gasteiger partial charge on any atom is -0.300 e. The molecule has 11 heavy (non-hydrogen) atoms. The molecule has 0 N–H and O–H groups in total. The van der Waals surface area contributed by atoms with Crippen LogP contribution in [0.1, 0.15) is 46.0 Å². The Hall–Kier alpha value is 0.150. The summed E-state index contributed by atoms with van der Waals surface area (Å²) in [6, 6.07) is 0. The molecule has 0 aliphatic carbocycles. The maximum atomic E-state index is 10.7. The van der Waals surface area contributed by atoms with Gasteiger partial charge in [-0.1, -0.05) is 42.1 Å². The highest BCUT2D eigenvalue weighted by molar-refractivity contribution is 9.09. The summed E-state index contributed by atoms with van der Waals surface area (Å²) in [6.45, 7) is 3.84. The predicted octanol–water partition coefficient (Wildman–Crippen LogP) is 3.31. The molecule has 66 valence electrons. The summed E-state index contributed by atoms with van der Waals surface area (Å²) in [4.78, 5) is 11.1. The first-order valence-corrected chi connectivity index (χ1v) is 5.22. The highest BCUT2D eigenvalue weighted by Crippen LogP contribution is 2.14. The number of carbonyl (C=O) groups excluding carboxylic acids is 1. The maximum absolute atomic E-state index is 10.7. The second-order valence-electron chi connectivity index (χ2n) is 3.00. The smallest absolute Gasteiger partial charge is 0.130 e. The molecule has 0 bridgehead atoms. The van der Waals surface area contributed by atoms with Gasteiger partial charge in [-0.25, -0.2) is 0 Å². The van der Waals surface area contributed by atoms with Crippen molar-refractivity contribution >= 4 is 21.7 Å². The van der Waals surface area contributed by atoms with E-state index >= 15 is 0 Å². The molecule has 1 nitrogen and oxygen atoms in total. The van der Waals surface area contributed by atoms with Crippen LogP contribution in [0.25, 0.3) is 0 Å². The first-order valence-electron chi connectivity index (χ1n) is 4.30. The van der Waals surface area contributed by atoms with Gasteiger partial charge in [-0.2, -0.15) is 0 Å². The summed E-state index contributed by atoms with van der Waals surface area (Å²) < 4.78 is 0. The fraction of sp³-hybridized carbons (Fsp3) is 0.889. The lowest BCUT2D eigenvalue weighted by Crippen LogP contribution is -2.03. The second kappa shape index (κ2) is 6.84. The third kappa shape index (κ3) is 8.05. The Morgan fingerprint density at radius 2 is 2.09 bits per heavy atom. The van der Waals surface area contributed by atoms with E-state index in [1.165, 1.54) is 19.3 Å². The summed E-state index contributed by atoms with van der Waals surface area (Å²) in [6.07, 6.45) is 5.58. The van der Waals surface area contributed by atoms with Gasteiger partial charge in [0.1, 0.15) is 5.78 Å². The van der Waals surface area contributed by atoms with Crippen LogP contribution in [0.4, 0.5) is 0 Å². The second-order valence-corrected chi connectivity index (χ2v) is 4.29. The molecule has 0 aliphatic heterocycles. The molecule has 0 aliphatic rings. The zero-order valence-corrected chi connectivity index (χ0v) is 8.99. The summed E-state index contributed by atoms with van der Waals surface area (Å²) >= 11 is 3.49. The van der Waals surface area contributed by atoms with Gasteiger partial charge in [-0.15, -0.1) is 0 Å². The van der Waals surface area contributed by atoms with Crippen molar-refractivity contribution in [1.29, 1.82) is 0 Å². The van der Waals surface area contributed by atoms with E-state index in [1.54, 1.807) is 6.92 Å². The molecule has 0 aromatic heterocycles. The number of ketones is 1. The molecule has 1 unspecified atom stereocenters. The van der Waals surface area contributed by atoms with E-state index in [-0.39, 0.29) is 5.78 Å². The van der Waals surface area contributed by atoms with Crippen LogP contribution in [0, 0.1) is 0 Å². The molecule has 0 heterocycles. The Labute approximate surface area is 77.7 Å². The molecule has 0 aromatic carbocycles. The number of unbranched alkanes of at least 4 members (excludes halogenated alkanes) is 2. The van der Waals surface area contributed by atoms with Gasteiger partial charge in [-0.05, 0) is 13.3 Å². The van der Waals surface area contributed by atoms with Crippen molar-refractivity contribution in [3.63, 3.8) is 0 Å². The molecule has 0 saturated carbocycles. The number of carbonyl (C=O) groups is 1. The first-order chi connectivity index (χ1) is 5.16. The largest absolute Gasteiger partial charge is 0.300 e. The standard InChI is InChI=1S/C9H17BrO/c1-3-4-5-6-9(10)7-8(2)11/h9H,3-7H2,1-2H3. The number of halogens is 1. The summed E-state index contributed by atoms with van der Waals surface area (Å²) in [5, 5.41) is 0. The van der Waals surface area contributed by atoms with Gasteiger partial charge in [0.15, 0.2) is 0 Å². The SMILES string of the molecule is CCCCCC(Br)CC(C)=O. The van der Waals surface area contributed by atoms with Crippen LogP contribution in [-0.2, 0) is 4.79 Å². The van der Waals surface area contributed by atoms with Crippen LogP contribution in [0.5, 0.6) is 0 Å². The molecular formula is C9H17BrO. The van der Waals surface area contributed by atoms with Crippen molar-refractivity contribution in [2.24, 2.45) is 0 Å². The van der Waals surface area contributed by atoms with E-state index < -0.39 is 0 Å². The van der Waals surface area contributed by atoms with Crippen molar-refractivity contribution in [1.82, 2.24) is 0 Å². The summed E-state index contributed by atoms with van der Waals surface area (Å²) in [5.41, 5.74) is 0. The molecule has 0 fully saturated rings. The average molecular weight is 221 g/mol. The summed E-state index contributed by atoms with van der Waals surface area (Å²) in [7, 11) is 0. The third-order valence-corrected chi connectivity index (χ3v) is 2.41. The minimum atomic E-state index is 0.281. The predicted molar refractivity (Wildman–Crippen MR) is 52.2 cm³/mol. The lowest BCUT2D eigenvalue weighted by Gasteiger charge is -2.05. The normalized spacial score (nSPS) is 13.0. The Kier molecular flexibility index (Phi) is 6.93. The zero-order valence-electron chi connectivity index (χ0n) is 7.40. The van der Waals surface area contributed by atoms with E-state index in [0.717, 1.165) is 6.42 Å². The van der Waals surface area contributed by atoms with Crippen LogP contribution in [-0.4, -0.2) is 10.6 Å². The molecule has 0 rings (SSSR count). The highest BCUT2D eigenvalue weighted by Gasteiger charge is 2.05. The monoisotopic (exact) mass is 220 g/mol. The Bertz CT molecular complexity index is 112. The van der Waals surface area contributed by atoms with Gasteiger partial charge < -0.3 is 0 Å². The zero-order chi connectivity index (χ0) is 8.69. The Balaban J connectivity index is 3.22. The van der Waals surface area contributed by atoms with Crippen molar-refractivity contribution in [3.05, 3.63) is 0 Å². The van der Waals surface area contributed by atoms with E-state index in [9.17, 15) is 4.79 Å². The molecule has 0 radical (unpaired) electrons. The fourth-order valence-electron chi connectivity index (χ4n) is 1.03. The molecule has 0 amide bonds. The van der Waals surface area contributed by atoms with Crippen LogP contribution < -0.4 is 0 Å². The molecule has 1 atom stereocenters. The van der Waals surface area contributed by atoms with E-state index in [2.05, 4.69) is 22.9 Å². The molecular weight excluding hydrogens is 204 g/mol. The Morgan fingerprint density at radius 1 is 1.45 bits per heavy atom. The minimum absolute atomic E-state index is 0.281. The van der Waals surface area contributed by atoms with E-state index in [1.807, 2.05) is 0 Å². The van der Waals surface area contributed by atoms with Gasteiger partial charge in [-0.3, -0.25) is 4.79 Å². The average Bonchev–Trinajstić information content (AvgIpc) is 1.86. The number of rotatable bonds is 6. The lowest BCUT2D eigenvalue weighted by molar-refractivity contribution is -0.116. The van der Waals surface area contributed by atoms with Crippen LogP contribution >= 0.6 is 15.9 Å². The van der Waals surface area contributed by atoms with Crippen molar-refractivity contribution in [3.8, 4) is 0 Å². The Morgan fingerprint density at radius 3 is 2.55 bits per heavy atom. The molecule has 0 spiro atoms. The molecule has 0 saturated heterocycles. The number of alkyl halides is 1. The highest BCUT2D eigenvalue weighted by atomic mass is 79.9. The lowest BCUT2D eigenvalue weighted by atomic mass is 10.1. The molecule has 2 heteroatoms. The van der Waals surface area contributed by atoms with Crippen LogP contribution in [0.15, 0.2) is 0 Å². The van der Waals surface area contributed by atoms with Crippen molar-refractivity contribution in [2.75, 3.05) is 0 Å². The van der Waals surface area contributed by atoms with E-state index in [4.69, 9.17) is 0 Å². The molecule has 0 aromatic rings. The van der Waals surface area contributed by atoms with Crippen molar-refractivity contribution < 1.29 is 4.79 Å². The van der Waals surface area contributed by atoms with E-state index in [0.29, 0.717) is 11.2 Å². The number of hydrogen-bond acceptors (Lipinski definition) is 1. The topological polar surface area (TPSA) is 17.1 Å². The summed E-state index contributed by atoms with van der Waals surface area (Å²) in [5.74, 6) is 0.281. The van der Waals surface area contributed by atoms with Gasteiger partial charge in [0, 0.05) is 11.2 Å². The number of Topliss-reactive ketones (excluding diaryl/α,β-unsaturated/α-hetero) is 1. The fourth-order valence-corrected chi connectivity index (χ4v) is 1.81. The van der Waals surface area contributed by atoms with Crippen LogP contribution in [0.2, 0.25) is 0 Å². The van der Waals surface area contributed by atoms with Crippen molar-refractivity contribution in [2.45, 2.75) is 50.8 Å². The third-order valence-electron chi connectivity index (χ3n) is 1.63. The maximum Gasteiger partial charge on any atom is 0.130 e. The van der Waals surface area contributed by atoms with Gasteiger partial charge in [0.2, 0.25) is 0 Å². The number of hydrogen-bond donors (Lipinski definition) is 0. The van der Waals surface area contributed by atoms with Gasteiger partial charge in [0.25, 0.3) is 0 Å². The first kappa shape index (κ1) is 11.2.